The van der Waals surface area contributed by atoms with E-state index in [1.807, 2.05) is 0 Å². The molecular formula is C10H14BrN3O2. The van der Waals surface area contributed by atoms with Gasteiger partial charge in [0.2, 0.25) is 0 Å². The molecule has 1 saturated heterocycles. The number of rotatable bonds is 2. The normalized spacial score (nSPS) is 17.8. The number of methoxy groups -OCH3 is 1. The molecule has 1 aromatic heterocycles. The summed E-state index contributed by atoms with van der Waals surface area (Å²) in [6, 6.07) is 0. The van der Waals surface area contributed by atoms with Gasteiger partial charge in [0.1, 0.15) is 10.3 Å². The molecule has 1 aliphatic heterocycles. The van der Waals surface area contributed by atoms with Gasteiger partial charge < -0.3 is 14.6 Å². The highest BCUT2D eigenvalue weighted by Gasteiger charge is 2.21. The van der Waals surface area contributed by atoms with Crippen LogP contribution in [0, 0.1) is 0 Å². The number of hydrogen-bond donors (Lipinski definition) is 1. The Hall–Kier alpha value is -0.880. The van der Waals surface area contributed by atoms with Gasteiger partial charge in [-0.15, -0.1) is 0 Å². The van der Waals surface area contributed by atoms with E-state index >= 15 is 0 Å². The van der Waals surface area contributed by atoms with Crippen molar-refractivity contribution < 1.29 is 4.74 Å². The fourth-order valence-electron chi connectivity index (χ4n) is 1.90. The number of aromatic amines is 1. The summed E-state index contributed by atoms with van der Waals surface area (Å²) in [6.07, 6.45) is 3.71. The van der Waals surface area contributed by atoms with Gasteiger partial charge in [0.15, 0.2) is 0 Å². The summed E-state index contributed by atoms with van der Waals surface area (Å²) in [7, 11) is 1.74. The first-order valence-electron chi connectivity index (χ1n) is 5.23. The Morgan fingerprint density at radius 2 is 2.25 bits per heavy atom. The molecule has 0 aliphatic carbocycles. The maximum atomic E-state index is 11.4. The molecule has 0 amide bonds. The Morgan fingerprint density at radius 3 is 2.88 bits per heavy atom. The van der Waals surface area contributed by atoms with Crippen LogP contribution < -0.4 is 10.5 Å². The second-order valence-electron chi connectivity index (χ2n) is 3.79. The lowest BCUT2D eigenvalue weighted by molar-refractivity contribution is 0.0817. The van der Waals surface area contributed by atoms with Crippen LogP contribution in [0.1, 0.15) is 12.8 Å². The van der Waals surface area contributed by atoms with Gasteiger partial charge >= 0.3 is 0 Å². The third-order valence-corrected chi connectivity index (χ3v) is 3.57. The highest BCUT2D eigenvalue weighted by Crippen LogP contribution is 2.23. The molecule has 88 valence electrons. The molecule has 1 aromatic rings. The predicted molar refractivity (Wildman–Crippen MR) is 64.8 cm³/mol. The molecule has 0 aromatic carbocycles. The number of anilines is 1. The van der Waals surface area contributed by atoms with Crippen LogP contribution in [0.25, 0.3) is 0 Å². The standard InChI is InChI=1S/C10H14BrN3O2/c1-16-7-2-4-14(5-3-7)9-8(11)10(15)13-6-12-9/h6-7H,2-5H2,1H3,(H,12,13,15). The van der Waals surface area contributed by atoms with E-state index in [-0.39, 0.29) is 5.56 Å². The summed E-state index contributed by atoms with van der Waals surface area (Å²) in [5.41, 5.74) is -0.140. The Labute approximate surface area is 102 Å². The van der Waals surface area contributed by atoms with Crippen LogP contribution in [0.3, 0.4) is 0 Å². The lowest BCUT2D eigenvalue weighted by Gasteiger charge is -2.32. The SMILES string of the molecule is COC1CCN(c2nc[nH]c(=O)c2Br)CC1. The lowest BCUT2D eigenvalue weighted by Crippen LogP contribution is -2.38. The minimum Gasteiger partial charge on any atom is -0.381 e. The fraction of sp³-hybridized carbons (Fsp3) is 0.600. The van der Waals surface area contributed by atoms with Crippen molar-refractivity contribution in [2.45, 2.75) is 18.9 Å². The molecule has 0 bridgehead atoms. The van der Waals surface area contributed by atoms with Crippen LogP contribution in [0.4, 0.5) is 5.82 Å². The molecule has 2 heterocycles. The highest BCUT2D eigenvalue weighted by atomic mass is 79.9. The Morgan fingerprint density at radius 1 is 1.56 bits per heavy atom. The Balaban J connectivity index is 2.14. The molecule has 1 aliphatic rings. The van der Waals surface area contributed by atoms with E-state index in [2.05, 4.69) is 30.8 Å². The van der Waals surface area contributed by atoms with Gasteiger partial charge in [-0.3, -0.25) is 4.79 Å². The number of nitrogens with one attached hydrogen (secondary N) is 1. The van der Waals surface area contributed by atoms with Crippen molar-refractivity contribution in [1.82, 2.24) is 9.97 Å². The van der Waals surface area contributed by atoms with E-state index in [0.29, 0.717) is 10.6 Å². The second-order valence-corrected chi connectivity index (χ2v) is 4.58. The van der Waals surface area contributed by atoms with Crippen LogP contribution in [-0.2, 0) is 4.74 Å². The molecule has 0 atom stereocenters. The van der Waals surface area contributed by atoms with Crippen molar-refractivity contribution in [2.75, 3.05) is 25.1 Å². The Bertz CT molecular complexity index is 413. The minimum absolute atomic E-state index is 0.140. The van der Waals surface area contributed by atoms with Crippen LogP contribution in [0.2, 0.25) is 0 Å². The largest absolute Gasteiger partial charge is 0.381 e. The molecule has 0 saturated carbocycles. The smallest absolute Gasteiger partial charge is 0.267 e. The molecule has 2 rings (SSSR count). The number of nitrogens with zero attached hydrogens (tertiary/aromatic N) is 2. The zero-order valence-corrected chi connectivity index (χ0v) is 10.7. The maximum Gasteiger partial charge on any atom is 0.267 e. The van der Waals surface area contributed by atoms with E-state index < -0.39 is 0 Å². The van der Waals surface area contributed by atoms with Gasteiger partial charge in [0.05, 0.1) is 12.4 Å². The van der Waals surface area contributed by atoms with Crippen molar-refractivity contribution >= 4 is 21.7 Å². The second kappa shape index (κ2) is 4.97. The van der Waals surface area contributed by atoms with Crippen LogP contribution >= 0.6 is 15.9 Å². The monoisotopic (exact) mass is 287 g/mol. The van der Waals surface area contributed by atoms with E-state index in [1.165, 1.54) is 6.33 Å². The van der Waals surface area contributed by atoms with Crippen molar-refractivity contribution in [3.05, 3.63) is 21.2 Å². The van der Waals surface area contributed by atoms with Gasteiger partial charge in [-0.1, -0.05) is 0 Å². The van der Waals surface area contributed by atoms with Gasteiger partial charge in [-0.25, -0.2) is 4.98 Å². The van der Waals surface area contributed by atoms with Gasteiger partial charge in [-0.05, 0) is 28.8 Å². The quantitative estimate of drug-likeness (QED) is 0.887. The summed E-state index contributed by atoms with van der Waals surface area (Å²) in [4.78, 5) is 20.2. The minimum atomic E-state index is -0.140. The summed E-state index contributed by atoms with van der Waals surface area (Å²) >= 11 is 3.27. The van der Waals surface area contributed by atoms with E-state index in [9.17, 15) is 4.79 Å². The van der Waals surface area contributed by atoms with Gasteiger partial charge in [0, 0.05) is 20.2 Å². The van der Waals surface area contributed by atoms with E-state index in [0.717, 1.165) is 31.7 Å². The molecule has 6 heteroatoms. The van der Waals surface area contributed by atoms with Crippen molar-refractivity contribution in [2.24, 2.45) is 0 Å². The summed E-state index contributed by atoms with van der Waals surface area (Å²) in [5.74, 6) is 0.721. The Kier molecular flexibility index (Phi) is 3.60. The zero-order chi connectivity index (χ0) is 11.5. The third kappa shape index (κ3) is 2.27. The van der Waals surface area contributed by atoms with Crippen molar-refractivity contribution in [3.8, 4) is 0 Å². The molecule has 0 radical (unpaired) electrons. The predicted octanol–water partition coefficient (Wildman–Crippen LogP) is 1.15. The highest BCUT2D eigenvalue weighted by molar-refractivity contribution is 9.10. The number of halogens is 1. The molecule has 0 unspecified atom stereocenters. The van der Waals surface area contributed by atoms with Crippen LogP contribution in [-0.4, -0.2) is 36.3 Å². The van der Waals surface area contributed by atoms with Gasteiger partial charge in [-0.2, -0.15) is 0 Å². The molecule has 16 heavy (non-hydrogen) atoms. The number of piperidine rings is 1. The average molecular weight is 288 g/mol. The maximum absolute atomic E-state index is 11.4. The first-order chi connectivity index (χ1) is 7.72. The molecule has 1 fully saturated rings. The third-order valence-electron chi connectivity index (χ3n) is 2.85. The molecular weight excluding hydrogens is 274 g/mol. The first-order valence-corrected chi connectivity index (χ1v) is 6.02. The van der Waals surface area contributed by atoms with E-state index in [4.69, 9.17) is 4.74 Å². The summed E-state index contributed by atoms with van der Waals surface area (Å²) < 4.78 is 5.81. The topological polar surface area (TPSA) is 58.2 Å². The summed E-state index contributed by atoms with van der Waals surface area (Å²) in [5, 5.41) is 0. The zero-order valence-electron chi connectivity index (χ0n) is 9.07. The lowest BCUT2D eigenvalue weighted by atomic mass is 10.1. The van der Waals surface area contributed by atoms with E-state index in [1.54, 1.807) is 7.11 Å². The summed E-state index contributed by atoms with van der Waals surface area (Å²) in [6.45, 7) is 1.74. The van der Waals surface area contributed by atoms with Crippen molar-refractivity contribution in [1.29, 1.82) is 0 Å². The first kappa shape index (κ1) is 11.6. The van der Waals surface area contributed by atoms with Crippen molar-refractivity contribution in [3.63, 3.8) is 0 Å². The fourth-order valence-corrected chi connectivity index (χ4v) is 2.36. The number of aromatic nitrogens is 2. The number of hydrogen-bond acceptors (Lipinski definition) is 4. The van der Waals surface area contributed by atoms with Crippen LogP contribution in [0.5, 0.6) is 0 Å². The average Bonchev–Trinajstić information content (AvgIpc) is 2.33. The van der Waals surface area contributed by atoms with Crippen LogP contribution in [0.15, 0.2) is 15.6 Å². The number of ether oxygens (including phenoxy) is 1. The molecule has 0 spiro atoms. The molecule has 5 nitrogen and oxygen atoms in total. The number of H-pyrrole nitrogens is 1. The van der Waals surface area contributed by atoms with Gasteiger partial charge in [0.25, 0.3) is 5.56 Å². The molecule has 1 N–H and O–H groups in total.